The number of oxime groups is 1. The van der Waals surface area contributed by atoms with E-state index in [0.29, 0.717) is 11.3 Å². The number of aromatic nitrogens is 1. The molecule has 0 saturated carbocycles. The number of carboxylic acids is 1. The van der Waals surface area contributed by atoms with Crippen molar-refractivity contribution in [2.45, 2.75) is 18.3 Å². The van der Waals surface area contributed by atoms with Crippen LogP contribution in [0.2, 0.25) is 0 Å². The van der Waals surface area contributed by atoms with Crippen molar-refractivity contribution in [3.63, 3.8) is 0 Å². The van der Waals surface area contributed by atoms with Crippen molar-refractivity contribution in [2.75, 3.05) is 18.1 Å². The minimum Gasteiger partial charge on any atom is -0.543 e. The molecule has 1 unspecified atom stereocenters. The summed E-state index contributed by atoms with van der Waals surface area (Å²) in [4.78, 5) is 46.7. The first-order valence-electron chi connectivity index (χ1n) is 8.12. The van der Waals surface area contributed by atoms with Crippen molar-refractivity contribution in [1.29, 1.82) is 0 Å². The minimum atomic E-state index is -1.46. The molecule has 3 N–H and O–H groups in total. The Labute approximate surface area is 196 Å². The number of aliphatic carboxylic acids is 1. The van der Waals surface area contributed by atoms with Gasteiger partial charge < -0.3 is 25.8 Å². The average Bonchev–Trinajstić information content (AvgIpc) is 3.10. The van der Waals surface area contributed by atoms with E-state index in [-0.39, 0.29) is 58.4 Å². The molecule has 0 aliphatic carbocycles. The van der Waals surface area contributed by atoms with Crippen LogP contribution in [0.4, 0.5) is 5.13 Å². The number of nitrogens with one attached hydrogen (secondary N) is 1. The Morgan fingerprint density at radius 3 is 2.86 bits per heavy atom. The molecule has 2 aliphatic rings. The molecule has 10 nitrogen and oxygen atoms in total. The number of thioether (sulfide) groups is 1. The van der Waals surface area contributed by atoms with E-state index in [4.69, 9.17) is 10.6 Å². The van der Waals surface area contributed by atoms with Gasteiger partial charge >= 0.3 is 29.6 Å². The van der Waals surface area contributed by atoms with Gasteiger partial charge in [-0.15, -0.1) is 23.1 Å². The van der Waals surface area contributed by atoms with E-state index in [9.17, 15) is 19.5 Å². The molecule has 2 amide bonds. The van der Waals surface area contributed by atoms with Crippen LogP contribution in [-0.2, 0) is 19.2 Å². The van der Waals surface area contributed by atoms with Crippen LogP contribution in [0.3, 0.4) is 0 Å². The summed E-state index contributed by atoms with van der Waals surface area (Å²) in [5.74, 6) is -2.37. The van der Waals surface area contributed by atoms with Crippen LogP contribution in [0.1, 0.15) is 12.6 Å². The van der Waals surface area contributed by atoms with Crippen LogP contribution < -0.4 is 45.7 Å². The van der Waals surface area contributed by atoms with Gasteiger partial charge in [0.05, 0.1) is 11.7 Å². The zero-order chi connectivity index (χ0) is 20.4. The molecule has 0 bridgehead atoms. The van der Waals surface area contributed by atoms with E-state index in [0.717, 1.165) is 16.2 Å². The summed E-state index contributed by atoms with van der Waals surface area (Å²) in [5.41, 5.74) is 5.88. The number of β-lactam (4-membered cyclic amide) rings is 1. The molecular formula is C16H16N5NaO5S2. The number of thiazole rings is 1. The van der Waals surface area contributed by atoms with E-state index in [2.05, 4.69) is 22.0 Å². The monoisotopic (exact) mass is 445 g/mol. The quantitative estimate of drug-likeness (QED) is 0.187. The van der Waals surface area contributed by atoms with Crippen molar-refractivity contribution in [3.8, 4) is 0 Å². The summed E-state index contributed by atoms with van der Waals surface area (Å²) in [5, 5.41) is 19.0. The van der Waals surface area contributed by atoms with Crippen LogP contribution in [0.25, 0.3) is 0 Å². The third kappa shape index (κ3) is 4.51. The predicted octanol–water partition coefficient (Wildman–Crippen LogP) is -3.94. The Morgan fingerprint density at radius 1 is 1.59 bits per heavy atom. The number of rotatable bonds is 7. The molecular weight excluding hydrogens is 429 g/mol. The molecule has 3 rings (SSSR count). The zero-order valence-corrected chi connectivity index (χ0v) is 19.3. The van der Waals surface area contributed by atoms with Crippen molar-refractivity contribution < 1.29 is 53.9 Å². The third-order valence-electron chi connectivity index (χ3n) is 3.99. The molecule has 148 valence electrons. The summed E-state index contributed by atoms with van der Waals surface area (Å²) >= 11 is 2.45. The number of nitrogen functional groups attached to an aromatic ring is 1. The number of hydrogen-bond donors (Lipinski definition) is 2. The topological polar surface area (TPSA) is 150 Å². The Hall–Kier alpha value is -1.86. The molecule has 2 aliphatic heterocycles. The number of fused-ring (bicyclic) bond motifs is 1. The Kier molecular flexibility index (Phi) is 7.88. The van der Waals surface area contributed by atoms with Gasteiger partial charge in [-0.1, -0.05) is 17.8 Å². The number of amides is 2. The number of nitrogens with two attached hydrogens (primary N) is 1. The molecule has 1 aromatic heterocycles. The van der Waals surface area contributed by atoms with Crippen molar-refractivity contribution in [1.82, 2.24) is 15.2 Å². The second-order valence-corrected chi connectivity index (χ2v) is 7.65. The number of carboxylic acid groups (broad SMARTS) is 1. The van der Waals surface area contributed by atoms with Gasteiger partial charge in [-0.2, -0.15) is 0 Å². The maximum absolute atomic E-state index is 12.7. The summed E-state index contributed by atoms with van der Waals surface area (Å²) in [6.45, 7) is 5.50. The van der Waals surface area contributed by atoms with Gasteiger partial charge in [-0.3, -0.25) is 14.5 Å². The number of carbonyl (C=O) groups excluding carboxylic acids is 3. The van der Waals surface area contributed by atoms with Crippen molar-refractivity contribution >= 4 is 51.7 Å². The average molecular weight is 445 g/mol. The van der Waals surface area contributed by atoms with Gasteiger partial charge in [0.25, 0.3) is 11.8 Å². The van der Waals surface area contributed by atoms with E-state index in [1.54, 1.807) is 12.3 Å². The SMILES string of the molecule is C=CC1=C(C(=O)[O-])N2C(=O)C(NC(=O)C(=NOCC)c3csc(N)n3)[C@@H]2SC1.[Na+]. The van der Waals surface area contributed by atoms with Crippen LogP contribution in [0, 0.1) is 0 Å². The standard InChI is InChI=1S/C16H17N5O5S2.Na/c1-3-7-5-27-14-10(13(23)21(14)11(7)15(24)25)19-12(22)9(20-26-4-2)8-6-28-16(17)18-8;/h3,6,10,14H,1,4-5H2,2H3,(H2,17,18)(H,19,22)(H,24,25);/q;+1/p-1/t10?,14-;/m0./s1. The fourth-order valence-corrected chi connectivity index (χ4v) is 4.62. The van der Waals surface area contributed by atoms with E-state index in [1.807, 2.05) is 0 Å². The third-order valence-corrected chi connectivity index (χ3v) is 5.96. The van der Waals surface area contributed by atoms with Crippen LogP contribution in [0.15, 0.2) is 34.5 Å². The Morgan fingerprint density at radius 2 is 2.31 bits per heavy atom. The second-order valence-electron chi connectivity index (χ2n) is 5.66. The maximum Gasteiger partial charge on any atom is 1.00 e. The van der Waals surface area contributed by atoms with Crippen LogP contribution in [-0.4, -0.2) is 57.2 Å². The van der Waals surface area contributed by atoms with E-state index >= 15 is 0 Å². The second kappa shape index (κ2) is 9.76. The fourth-order valence-electron chi connectivity index (χ4n) is 2.73. The molecule has 1 aromatic rings. The summed E-state index contributed by atoms with van der Waals surface area (Å²) in [6, 6.07) is -0.916. The molecule has 0 radical (unpaired) electrons. The molecule has 3 heterocycles. The zero-order valence-electron chi connectivity index (χ0n) is 15.7. The van der Waals surface area contributed by atoms with Gasteiger partial charge in [0, 0.05) is 11.1 Å². The minimum absolute atomic E-state index is 0. The molecule has 1 fully saturated rings. The smallest absolute Gasteiger partial charge is 0.543 e. The summed E-state index contributed by atoms with van der Waals surface area (Å²) in [6.07, 6.45) is 1.38. The molecule has 0 aromatic carbocycles. The van der Waals surface area contributed by atoms with Crippen LogP contribution in [0.5, 0.6) is 0 Å². The van der Waals surface area contributed by atoms with Gasteiger partial charge in [0.15, 0.2) is 10.8 Å². The molecule has 29 heavy (non-hydrogen) atoms. The number of carbonyl (C=O) groups is 3. The number of hydrogen-bond acceptors (Lipinski definition) is 10. The summed E-state index contributed by atoms with van der Waals surface area (Å²) < 4.78 is 0. The number of anilines is 1. The first-order chi connectivity index (χ1) is 13.4. The molecule has 0 spiro atoms. The van der Waals surface area contributed by atoms with Crippen molar-refractivity contribution in [2.24, 2.45) is 5.16 Å². The van der Waals surface area contributed by atoms with Gasteiger partial charge in [-0.25, -0.2) is 4.98 Å². The molecule has 13 heteroatoms. The van der Waals surface area contributed by atoms with Gasteiger partial charge in [-0.05, 0) is 12.5 Å². The normalized spacial score (nSPS) is 20.9. The van der Waals surface area contributed by atoms with E-state index < -0.39 is 29.2 Å². The molecule has 2 atom stereocenters. The largest absolute Gasteiger partial charge is 1.00 e. The number of nitrogens with zero attached hydrogens (tertiary/aromatic N) is 3. The Balaban J connectivity index is 0.00000300. The first-order valence-corrected chi connectivity index (χ1v) is 10.1. The van der Waals surface area contributed by atoms with Gasteiger partial charge in [0.1, 0.15) is 23.7 Å². The van der Waals surface area contributed by atoms with Crippen molar-refractivity contribution in [3.05, 3.63) is 35.0 Å². The number of allylic oxidation sites excluding steroid dienone is 1. The predicted molar refractivity (Wildman–Crippen MR) is 102 cm³/mol. The van der Waals surface area contributed by atoms with Gasteiger partial charge in [0.2, 0.25) is 0 Å². The maximum atomic E-state index is 12.7. The van der Waals surface area contributed by atoms with Crippen LogP contribution >= 0.6 is 23.1 Å². The van der Waals surface area contributed by atoms with E-state index in [1.165, 1.54) is 17.8 Å². The molecule has 1 saturated heterocycles. The Bertz CT molecular complexity index is 915. The summed E-state index contributed by atoms with van der Waals surface area (Å²) in [7, 11) is 0. The first kappa shape index (κ1) is 23.4. The fraction of sp³-hybridized carbons (Fsp3) is 0.312.